The van der Waals surface area contributed by atoms with Gasteiger partial charge in [-0.2, -0.15) is 0 Å². The van der Waals surface area contributed by atoms with Gasteiger partial charge in [0.25, 0.3) is 0 Å². The maximum atomic E-state index is 9.50. The van der Waals surface area contributed by atoms with Crippen LogP contribution >= 0.6 is 34.0 Å². The van der Waals surface area contributed by atoms with Crippen LogP contribution < -0.4 is 34.0 Å². The minimum atomic E-state index is 0. The van der Waals surface area contributed by atoms with Gasteiger partial charge in [-0.05, 0) is 240 Å². The number of aliphatic hydroxyl groups excluding tert-OH is 4. The maximum Gasteiger partial charge on any atom is 0.105 e. The van der Waals surface area contributed by atoms with Crippen LogP contribution in [0.2, 0.25) is 0 Å². The zero-order chi connectivity index (χ0) is 57.6. The Kier molecular flexibility index (Phi) is 33.3. The van der Waals surface area contributed by atoms with Crippen LogP contribution in [0.3, 0.4) is 0 Å². The first-order valence-electron chi connectivity index (χ1n) is 36.9. The molecule has 2 spiro atoms. The Balaban J connectivity index is 0.00000276. The van der Waals surface area contributed by atoms with Crippen molar-refractivity contribution in [3.63, 3.8) is 0 Å². The van der Waals surface area contributed by atoms with Crippen LogP contribution in [-0.2, 0) is 39.3 Å². The van der Waals surface area contributed by atoms with Gasteiger partial charge in [-0.1, -0.05) is 77.0 Å². The second-order valence-electron chi connectivity index (χ2n) is 31.2. The first-order chi connectivity index (χ1) is 41.3. The van der Waals surface area contributed by atoms with Gasteiger partial charge in [0.2, 0.25) is 0 Å². The lowest BCUT2D eigenvalue weighted by molar-refractivity contribution is -0.953. The summed E-state index contributed by atoms with van der Waals surface area (Å²) in [5.74, 6) is 7.22. The van der Waals surface area contributed by atoms with E-state index in [0.29, 0.717) is 26.4 Å². The Morgan fingerprint density at radius 2 is 0.455 bits per heavy atom. The molecule has 0 amide bonds. The van der Waals surface area contributed by atoms with Crippen LogP contribution in [0, 0.1) is 47.3 Å². The predicted molar refractivity (Wildman–Crippen MR) is 364 cm³/mol. The van der Waals surface area contributed by atoms with E-state index in [9.17, 15) is 20.4 Å². The zero-order valence-electron chi connectivity index (χ0n) is 55.6. The van der Waals surface area contributed by atoms with Crippen LogP contribution in [-0.4, -0.2) is 216 Å². The largest absolute Gasteiger partial charge is 1.00 e. The number of aliphatic hydroxyl groups is 4. The zero-order valence-corrected chi connectivity index (χ0v) is 62.2. The van der Waals surface area contributed by atoms with Crippen molar-refractivity contribution in [2.45, 2.75) is 219 Å². The van der Waals surface area contributed by atoms with Gasteiger partial charge < -0.3 is 83.0 Å². The van der Waals surface area contributed by atoms with E-state index in [-0.39, 0.29) is 67.9 Å². The molecule has 0 bridgehead atoms. The number of fused-ring (bicyclic) bond motifs is 2. The molecule has 8 saturated heterocycles. The van der Waals surface area contributed by atoms with Crippen molar-refractivity contribution >= 4 is 34.0 Å². The fourth-order valence-electron chi connectivity index (χ4n) is 19.9. The van der Waals surface area contributed by atoms with Crippen LogP contribution in [0.4, 0.5) is 0 Å². The molecule has 8 fully saturated rings. The first kappa shape index (κ1) is 76.0. The molecular weight excluding hydrogens is 1360 g/mol. The highest BCUT2D eigenvalue weighted by molar-refractivity contribution is 8.93. The highest BCUT2D eigenvalue weighted by atomic mass is 79.9. The Labute approximate surface area is 579 Å². The normalized spacial score (nSPS) is 25.0. The Morgan fingerprint density at radius 1 is 0.273 bits per heavy atom. The van der Waals surface area contributed by atoms with Gasteiger partial charge >= 0.3 is 0 Å². The molecule has 510 valence electrons. The highest BCUT2D eigenvalue weighted by Gasteiger charge is 2.49. The monoisotopic (exact) mass is 1490 g/mol. The Hall–Kier alpha value is 0.660. The summed E-state index contributed by atoms with van der Waals surface area (Å²) in [6, 6.07) is 0. The molecule has 16 heteroatoms. The van der Waals surface area contributed by atoms with Crippen molar-refractivity contribution < 1.29 is 63.4 Å². The van der Waals surface area contributed by atoms with Crippen molar-refractivity contribution in [2.75, 3.05) is 157 Å². The van der Waals surface area contributed by atoms with Gasteiger partial charge in [0.15, 0.2) is 0 Å². The number of likely N-dealkylation sites (tertiary alicyclic amines) is 6. The standard InChI is InChI=1S/C72H128N8O4.4BrH/c81-49-41-73-29-13-59(14-30-73)5-1-7-63-21-37-77(38-22-63)53-67-69-55-79(45-25-65(26-46-79)11-3-9-61-17-33-75(34-18-61)43-51-83)57-71(69)68(54-78-39-23-64(24-40-78)8-2-6-60-15-31-74(32-16-60)42-50-82)72-58-80(56-70(67)72)47-27-66(28-48-80)12-4-10-62-19-35-76(36-20-62)44-52-84;;;;/h59-66,81-84H,1-58H2;4*1H/q+2;;;;/p-2. The molecule has 0 radical (unpaired) electrons. The average Bonchev–Trinajstić information content (AvgIpc) is 1.60. The number of β-amino-alcohol motifs (C(OH)–C–C–N with tert-alkyl or cyclic N) is 4. The van der Waals surface area contributed by atoms with E-state index in [0.717, 1.165) is 73.5 Å². The number of nitrogens with zero attached hydrogens (tertiary/aromatic N) is 8. The van der Waals surface area contributed by atoms with E-state index in [4.69, 9.17) is 0 Å². The molecule has 12 nitrogen and oxygen atoms in total. The average molecular weight is 1490 g/mol. The summed E-state index contributed by atoms with van der Waals surface area (Å²) < 4.78 is 2.71. The van der Waals surface area contributed by atoms with E-state index in [2.05, 4.69) is 29.4 Å². The summed E-state index contributed by atoms with van der Waals surface area (Å²) >= 11 is 0. The van der Waals surface area contributed by atoms with Gasteiger partial charge in [0, 0.05) is 61.5 Å². The summed E-state index contributed by atoms with van der Waals surface area (Å²) in [5, 5.41) is 37.9. The van der Waals surface area contributed by atoms with Gasteiger partial charge in [0.1, 0.15) is 26.2 Å². The predicted octanol–water partition coefficient (Wildman–Crippen LogP) is 5.25. The molecule has 0 unspecified atom stereocenters. The molecule has 1 aromatic rings. The summed E-state index contributed by atoms with van der Waals surface area (Å²) in [6.45, 7) is 32.6. The van der Waals surface area contributed by atoms with E-state index < -0.39 is 0 Å². The third-order valence-corrected chi connectivity index (χ3v) is 25.8. The molecule has 10 aliphatic rings. The summed E-state index contributed by atoms with van der Waals surface area (Å²) in [7, 11) is 0. The second kappa shape index (κ2) is 38.6. The molecule has 11 rings (SSSR count). The quantitative estimate of drug-likeness (QED) is 0.0834. The lowest BCUT2D eigenvalue weighted by Crippen LogP contribution is -3.00. The van der Waals surface area contributed by atoms with Crippen molar-refractivity contribution in [2.24, 2.45) is 47.3 Å². The molecule has 0 atom stereocenters. The molecule has 4 N–H and O–H groups in total. The van der Waals surface area contributed by atoms with Crippen LogP contribution in [0.15, 0.2) is 0 Å². The number of quaternary nitrogens is 2. The lowest BCUT2D eigenvalue weighted by atomic mass is 9.85. The summed E-state index contributed by atoms with van der Waals surface area (Å²) in [5.41, 5.74) is 11.2. The minimum absolute atomic E-state index is 0. The number of piperidine rings is 8. The number of benzene rings is 1. The smallest absolute Gasteiger partial charge is 0.105 e. The van der Waals surface area contributed by atoms with Crippen molar-refractivity contribution in [1.29, 1.82) is 0 Å². The van der Waals surface area contributed by atoms with Crippen molar-refractivity contribution in [3.05, 3.63) is 33.4 Å². The SMILES string of the molecule is Br.Br.OCCN1CCC(CCCC2CCN(Cc3c4c(c(CN5CCC(CCCC6CCN(CCO)CC6)CC5)c5c3C[N+]3(CCC(CCCC6CCN(CCO)CC6)CC3)C5)C[N+]3(CCC(CCCC5CCN(CCO)CC5)CC3)C4)CC2)CC1.[Br-].[Br-]. The van der Waals surface area contributed by atoms with Crippen LogP contribution in [0.25, 0.3) is 0 Å². The Bertz CT molecular complexity index is 1900. The molecule has 88 heavy (non-hydrogen) atoms. The van der Waals surface area contributed by atoms with Crippen LogP contribution in [0.1, 0.15) is 213 Å². The Morgan fingerprint density at radius 3 is 0.648 bits per heavy atom. The third kappa shape index (κ3) is 21.3. The van der Waals surface area contributed by atoms with E-state index in [1.165, 1.54) is 333 Å². The van der Waals surface area contributed by atoms with Crippen LogP contribution in [0.5, 0.6) is 0 Å². The molecule has 0 saturated carbocycles. The van der Waals surface area contributed by atoms with Gasteiger partial charge in [-0.25, -0.2) is 0 Å². The summed E-state index contributed by atoms with van der Waals surface area (Å²) in [6.07, 6.45) is 39.1. The number of hydrogen-bond acceptors (Lipinski definition) is 10. The minimum Gasteiger partial charge on any atom is -1.00 e. The maximum absolute atomic E-state index is 9.50. The molecule has 1 aromatic carbocycles. The molecule has 0 aliphatic carbocycles. The lowest BCUT2D eigenvalue weighted by Gasteiger charge is -2.41. The van der Waals surface area contributed by atoms with Gasteiger partial charge in [-0.3, -0.25) is 9.80 Å². The van der Waals surface area contributed by atoms with Gasteiger partial charge in [-0.15, -0.1) is 34.0 Å². The number of rotatable bonds is 28. The molecular formula is C72H130Br4N8O4. The summed E-state index contributed by atoms with van der Waals surface area (Å²) in [4.78, 5) is 15.9. The molecule has 10 heterocycles. The first-order valence-corrected chi connectivity index (χ1v) is 36.9. The van der Waals surface area contributed by atoms with Crippen molar-refractivity contribution in [1.82, 2.24) is 29.4 Å². The molecule has 0 aromatic heterocycles. The number of hydrogen-bond donors (Lipinski definition) is 4. The highest BCUT2D eigenvalue weighted by Crippen LogP contribution is 2.48. The fraction of sp³-hybridized carbons (Fsp3) is 0.917. The van der Waals surface area contributed by atoms with Crippen molar-refractivity contribution in [3.8, 4) is 0 Å². The molecule has 10 aliphatic heterocycles. The second-order valence-corrected chi connectivity index (χ2v) is 31.2. The topological polar surface area (TPSA) is 100 Å². The van der Waals surface area contributed by atoms with Gasteiger partial charge in [0.05, 0.1) is 52.6 Å². The fourth-order valence-corrected chi connectivity index (χ4v) is 19.9. The third-order valence-electron chi connectivity index (χ3n) is 25.8. The van der Waals surface area contributed by atoms with E-state index >= 15 is 0 Å². The number of halogens is 4. The van der Waals surface area contributed by atoms with E-state index in [1.807, 2.05) is 33.4 Å². The van der Waals surface area contributed by atoms with E-state index in [1.54, 1.807) is 0 Å².